The van der Waals surface area contributed by atoms with Gasteiger partial charge in [-0.05, 0) is 72.8 Å². The third kappa shape index (κ3) is 23.5. The molecule has 20 heteroatoms. The van der Waals surface area contributed by atoms with Crippen molar-refractivity contribution in [2.24, 2.45) is 0 Å². The van der Waals surface area contributed by atoms with Crippen LogP contribution in [0.1, 0.15) is 0 Å². The molecule has 0 saturated carbocycles. The van der Waals surface area contributed by atoms with E-state index in [4.69, 9.17) is 59.4 Å². The van der Waals surface area contributed by atoms with E-state index in [9.17, 15) is 0 Å². The Kier molecular flexibility index (Phi) is 27.8. The summed E-state index contributed by atoms with van der Waals surface area (Å²) in [6.07, 6.45) is 10.6. The van der Waals surface area contributed by atoms with Crippen molar-refractivity contribution < 1.29 is 98.4 Å². The Labute approximate surface area is 343 Å². The van der Waals surface area contributed by atoms with Gasteiger partial charge in [-0.15, -0.1) is 0 Å². The average molecular weight is 935 g/mol. The SMILES string of the molecule is O=C([O-])C(=O)[O-].O=C([O-])C(=O)[O-].O=C([O-])C(=O)[O-].[Ru+3].[Ru+3].c1ccc(-c2ccccn2)nc1.c1ccc(-c2ccccn2)nc1.c1ccc(-c2ccccn2)nc1. The van der Waals surface area contributed by atoms with Gasteiger partial charge in [0.2, 0.25) is 0 Å². The summed E-state index contributed by atoms with van der Waals surface area (Å²) in [5.74, 6) is -13.1. The molecule has 0 fully saturated rings. The Morgan fingerprint density at radius 2 is 0.393 bits per heavy atom. The van der Waals surface area contributed by atoms with Gasteiger partial charge >= 0.3 is 39.0 Å². The van der Waals surface area contributed by atoms with E-state index in [1.54, 1.807) is 37.2 Å². The maximum Gasteiger partial charge on any atom is 3.00 e. The van der Waals surface area contributed by atoms with Crippen molar-refractivity contribution in [2.45, 2.75) is 0 Å². The first-order valence-electron chi connectivity index (χ1n) is 14.6. The first-order chi connectivity index (χ1) is 25.8. The molecule has 2 radical (unpaired) electrons. The van der Waals surface area contributed by atoms with Crippen molar-refractivity contribution in [2.75, 3.05) is 0 Å². The van der Waals surface area contributed by atoms with Crippen molar-refractivity contribution in [3.63, 3.8) is 0 Å². The molecular weight excluding hydrogens is 911 g/mol. The number of pyridine rings is 6. The van der Waals surface area contributed by atoms with Crippen molar-refractivity contribution in [3.8, 4) is 34.2 Å². The minimum absolute atomic E-state index is 0. The van der Waals surface area contributed by atoms with Crippen LogP contribution in [0.25, 0.3) is 34.2 Å². The van der Waals surface area contributed by atoms with Gasteiger partial charge in [0.05, 0.1) is 70.0 Å². The Balaban J connectivity index is 0. The normalized spacial score (nSPS) is 8.57. The summed E-state index contributed by atoms with van der Waals surface area (Å²) >= 11 is 0. The molecule has 0 atom stereocenters. The van der Waals surface area contributed by atoms with Crippen LogP contribution in [-0.4, -0.2) is 65.7 Å². The van der Waals surface area contributed by atoms with E-state index < -0.39 is 35.8 Å². The second-order valence-electron chi connectivity index (χ2n) is 9.01. The Bertz CT molecular complexity index is 1640. The molecule has 0 aliphatic heterocycles. The summed E-state index contributed by atoms with van der Waals surface area (Å²) in [4.78, 5) is 78.7. The van der Waals surface area contributed by atoms with Crippen LogP contribution >= 0.6 is 0 Å². The summed E-state index contributed by atoms with van der Waals surface area (Å²) in [7, 11) is 0. The first-order valence-corrected chi connectivity index (χ1v) is 14.6. The second kappa shape index (κ2) is 30.4. The van der Waals surface area contributed by atoms with Gasteiger partial charge in [-0.3, -0.25) is 29.9 Å². The van der Waals surface area contributed by atoms with E-state index in [1.807, 2.05) is 109 Å². The van der Waals surface area contributed by atoms with Gasteiger partial charge in [-0.2, -0.15) is 0 Å². The van der Waals surface area contributed by atoms with Crippen LogP contribution in [0.15, 0.2) is 146 Å². The maximum absolute atomic E-state index is 8.93. The van der Waals surface area contributed by atoms with Gasteiger partial charge in [0.15, 0.2) is 0 Å². The van der Waals surface area contributed by atoms with Gasteiger partial charge in [-0.1, -0.05) is 36.4 Å². The number of nitrogens with zero attached hydrogens (tertiary/aromatic N) is 6. The number of rotatable bonds is 3. The van der Waals surface area contributed by atoms with Gasteiger partial charge < -0.3 is 59.4 Å². The Hall–Kier alpha value is -7.03. The molecule has 0 unspecified atom stereocenters. The standard InChI is InChI=1S/3C10H8N2.3C2H2O4.2Ru/c3*1-3-7-11-9(5-1)10-6-2-4-8-12-10;3*3-1(4)2(5)6;;/h3*1-8H;3*(H,3,4)(H,5,6);;/q;;;;;;2*+3/p-6. The fourth-order valence-electron chi connectivity index (χ4n) is 3.09. The smallest absolute Gasteiger partial charge is 0.543 e. The third-order valence-corrected chi connectivity index (χ3v) is 5.28. The van der Waals surface area contributed by atoms with Gasteiger partial charge in [0.25, 0.3) is 0 Å². The Morgan fingerprint density at radius 1 is 0.268 bits per heavy atom. The number of aromatic nitrogens is 6. The van der Waals surface area contributed by atoms with Crippen LogP contribution < -0.4 is 30.6 Å². The molecule has 0 aliphatic carbocycles. The number of hydrogen-bond donors (Lipinski definition) is 0. The number of carboxylic acid groups (broad SMARTS) is 6. The van der Waals surface area contributed by atoms with E-state index >= 15 is 0 Å². The summed E-state index contributed by atoms with van der Waals surface area (Å²) in [5.41, 5.74) is 5.49. The zero-order valence-electron chi connectivity index (χ0n) is 28.1. The number of carboxylic acids is 6. The molecule has 6 aromatic heterocycles. The summed E-state index contributed by atoms with van der Waals surface area (Å²) in [5, 5.41) is 53.6. The molecule has 18 nitrogen and oxygen atoms in total. The van der Waals surface area contributed by atoms with Crippen LogP contribution in [0.4, 0.5) is 0 Å². The molecule has 0 aliphatic rings. The molecular formula is C36H24N6O12Ru2. The molecule has 0 N–H and O–H groups in total. The van der Waals surface area contributed by atoms with E-state index in [-0.39, 0.29) is 39.0 Å². The van der Waals surface area contributed by atoms with Crippen molar-refractivity contribution >= 4 is 35.8 Å². The molecule has 0 spiro atoms. The second-order valence-corrected chi connectivity index (χ2v) is 9.01. The fraction of sp³-hybridized carbons (Fsp3) is 0. The minimum atomic E-state index is -2.19. The Morgan fingerprint density at radius 3 is 0.464 bits per heavy atom. The van der Waals surface area contributed by atoms with Crippen molar-refractivity contribution in [1.29, 1.82) is 0 Å². The third-order valence-electron chi connectivity index (χ3n) is 5.28. The molecule has 0 aromatic carbocycles. The zero-order chi connectivity index (χ0) is 40.1. The molecule has 6 rings (SSSR count). The molecule has 0 amide bonds. The van der Waals surface area contributed by atoms with Crippen LogP contribution in [0.5, 0.6) is 0 Å². The molecule has 0 saturated heterocycles. The number of hydrogen-bond acceptors (Lipinski definition) is 18. The van der Waals surface area contributed by atoms with Crippen molar-refractivity contribution in [1.82, 2.24) is 29.9 Å². The predicted molar refractivity (Wildman–Crippen MR) is 172 cm³/mol. The predicted octanol–water partition coefficient (Wildman–Crippen LogP) is -4.12. The van der Waals surface area contributed by atoms with Crippen LogP contribution in [0.2, 0.25) is 0 Å². The maximum atomic E-state index is 8.93. The molecule has 56 heavy (non-hydrogen) atoms. The minimum Gasteiger partial charge on any atom is -0.543 e. The zero-order valence-corrected chi connectivity index (χ0v) is 31.6. The van der Waals surface area contributed by atoms with E-state index in [0.717, 1.165) is 34.2 Å². The molecule has 6 heterocycles. The van der Waals surface area contributed by atoms with E-state index in [2.05, 4.69) is 29.9 Å². The monoisotopic (exact) mass is 936 g/mol. The molecule has 286 valence electrons. The van der Waals surface area contributed by atoms with Crippen LogP contribution in [-0.2, 0) is 67.7 Å². The fourth-order valence-corrected chi connectivity index (χ4v) is 3.09. The number of aliphatic carboxylic acids is 6. The van der Waals surface area contributed by atoms with Gasteiger partial charge in [-0.25, -0.2) is 0 Å². The summed E-state index contributed by atoms with van der Waals surface area (Å²) in [6.45, 7) is 0. The van der Waals surface area contributed by atoms with E-state index in [0.29, 0.717) is 0 Å². The summed E-state index contributed by atoms with van der Waals surface area (Å²) < 4.78 is 0. The largest absolute Gasteiger partial charge is 3.00 e. The average Bonchev–Trinajstić information content (AvgIpc) is 3.21. The topological polar surface area (TPSA) is 318 Å². The number of carbonyl (C=O) groups is 6. The first kappa shape index (κ1) is 51.1. The molecule has 6 aromatic rings. The summed E-state index contributed by atoms with van der Waals surface area (Å²) in [6, 6.07) is 34.8. The molecule has 0 bridgehead atoms. The van der Waals surface area contributed by atoms with Gasteiger partial charge in [0.1, 0.15) is 0 Å². The number of carbonyl (C=O) groups excluding carboxylic acids is 6. The van der Waals surface area contributed by atoms with Crippen LogP contribution in [0.3, 0.4) is 0 Å². The van der Waals surface area contributed by atoms with Gasteiger partial charge in [0, 0.05) is 37.2 Å². The van der Waals surface area contributed by atoms with E-state index in [1.165, 1.54) is 0 Å². The van der Waals surface area contributed by atoms with Crippen LogP contribution in [0, 0.1) is 0 Å². The quantitative estimate of drug-likeness (QED) is 0.120. The van der Waals surface area contributed by atoms with Crippen molar-refractivity contribution in [3.05, 3.63) is 146 Å².